The summed E-state index contributed by atoms with van der Waals surface area (Å²) < 4.78 is 26.9. The van der Waals surface area contributed by atoms with E-state index in [4.69, 9.17) is 0 Å². The average Bonchev–Trinajstić information content (AvgIpc) is 2.37. The van der Waals surface area contributed by atoms with Crippen LogP contribution in [0.15, 0.2) is 47.7 Å². The molecule has 0 aliphatic heterocycles. The van der Waals surface area contributed by atoms with Crippen LogP contribution >= 0.6 is 0 Å². The van der Waals surface area contributed by atoms with Gasteiger partial charge in [-0.3, -0.25) is 5.43 Å². The van der Waals surface area contributed by atoms with Crippen molar-refractivity contribution in [2.24, 2.45) is 5.10 Å². The predicted molar refractivity (Wildman–Crippen MR) is 66.4 cm³/mol. The number of hydrogen-bond acceptors (Lipinski definition) is 3. The lowest BCUT2D eigenvalue weighted by Crippen LogP contribution is -2.06. The molecular weight excluding hydrogens is 236 g/mol. The smallest absolute Gasteiger partial charge is 0.146 e. The van der Waals surface area contributed by atoms with Gasteiger partial charge in [0, 0.05) is 6.20 Å². The molecule has 0 bridgehead atoms. The van der Waals surface area contributed by atoms with Crippen LogP contribution < -0.4 is 5.43 Å². The van der Waals surface area contributed by atoms with E-state index in [0.717, 1.165) is 0 Å². The number of aromatic nitrogens is 1. The molecular formula is C13H11F2N3. The van der Waals surface area contributed by atoms with E-state index in [1.54, 1.807) is 24.4 Å². The zero-order valence-electron chi connectivity index (χ0n) is 9.69. The number of benzene rings is 1. The van der Waals surface area contributed by atoms with Crippen LogP contribution in [-0.2, 0) is 0 Å². The summed E-state index contributed by atoms with van der Waals surface area (Å²) in [5.74, 6) is -0.772. The highest BCUT2D eigenvalue weighted by Gasteiger charge is 2.11. The first-order chi connectivity index (χ1) is 8.68. The van der Waals surface area contributed by atoms with E-state index in [-0.39, 0.29) is 11.3 Å². The van der Waals surface area contributed by atoms with Crippen LogP contribution in [0.4, 0.5) is 14.6 Å². The van der Waals surface area contributed by atoms with Crippen LogP contribution in [0.5, 0.6) is 0 Å². The summed E-state index contributed by atoms with van der Waals surface area (Å²) in [6, 6.07) is 8.95. The van der Waals surface area contributed by atoms with Crippen molar-refractivity contribution in [2.75, 3.05) is 5.43 Å². The molecule has 0 saturated heterocycles. The van der Waals surface area contributed by atoms with Gasteiger partial charge in [0.05, 0.1) is 11.3 Å². The summed E-state index contributed by atoms with van der Waals surface area (Å²) in [5, 5.41) is 3.91. The Morgan fingerprint density at radius 1 is 1.11 bits per heavy atom. The summed E-state index contributed by atoms with van der Waals surface area (Å²) in [5.41, 5.74) is 2.72. The van der Waals surface area contributed by atoms with Crippen molar-refractivity contribution in [3.05, 3.63) is 59.8 Å². The van der Waals surface area contributed by atoms with Crippen LogP contribution in [0.25, 0.3) is 0 Å². The van der Waals surface area contributed by atoms with E-state index >= 15 is 0 Å². The van der Waals surface area contributed by atoms with Crippen LogP contribution in [0.3, 0.4) is 0 Å². The number of anilines is 1. The lowest BCUT2D eigenvalue weighted by Gasteiger charge is -2.05. The van der Waals surface area contributed by atoms with Gasteiger partial charge in [0.25, 0.3) is 0 Å². The van der Waals surface area contributed by atoms with E-state index in [2.05, 4.69) is 15.5 Å². The van der Waals surface area contributed by atoms with Crippen LogP contribution in [0.1, 0.15) is 12.5 Å². The Bertz CT molecular complexity index is 547. The molecule has 0 aliphatic carbocycles. The van der Waals surface area contributed by atoms with Gasteiger partial charge in [-0.05, 0) is 31.2 Å². The van der Waals surface area contributed by atoms with Gasteiger partial charge in [-0.2, -0.15) is 5.10 Å². The summed E-state index contributed by atoms with van der Waals surface area (Å²) in [6.07, 6.45) is 1.59. The number of hydrogen-bond donors (Lipinski definition) is 1. The first-order valence-corrected chi connectivity index (χ1v) is 5.34. The minimum Gasteiger partial charge on any atom is -0.261 e. The van der Waals surface area contributed by atoms with Gasteiger partial charge in [0.1, 0.15) is 17.5 Å². The largest absolute Gasteiger partial charge is 0.261 e. The molecule has 0 unspecified atom stereocenters. The zero-order valence-corrected chi connectivity index (χ0v) is 9.69. The fourth-order valence-electron chi connectivity index (χ4n) is 1.47. The van der Waals surface area contributed by atoms with E-state index in [9.17, 15) is 8.78 Å². The number of nitrogens with zero attached hydrogens (tertiary/aromatic N) is 2. The Morgan fingerprint density at radius 2 is 1.83 bits per heavy atom. The molecule has 1 heterocycles. The highest BCUT2D eigenvalue weighted by molar-refractivity contribution is 5.99. The highest BCUT2D eigenvalue weighted by atomic mass is 19.1. The molecule has 0 saturated carbocycles. The van der Waals surface area contributed by atoms with Gasteiger partial charge in [0.2, 0.25) is 0 Å². The monoisotopic (exact) mass is 247 g/mol. The van der Waals surface area contributed by atoms with E-state index < -0.39 is 11.6 Å². The minimum atomic E-state index is -0.640. The Morgan fingerprint density at radius 3 is 2.44 bits per heavy atom. The second-order valence-corrected chi connectivity index (χ2v) is 3.62. The van der Waals surface area contributed by atoms with Crippen LogP contribution in [0.2, 0.25) is 0 Å². The van der Waals surface area contributed by atoms with Crippen molar-refractivity contribution in [1.82, 2.24) is 4.98 Å². The van der Waals surface area contributed by atoms with Crippen molar-refractivity contribution in [3.63, 3.8) is 0 Å². The molecule has 92 valence electrons. The zero-order chi connectivity index (χ0) is 13.0. The van der Waals surface area contributed by atoms with Crippen molar-refractivity contribution in [1.29, 1.82) is 0 Å². The average molecular weight is 247 g/mol. The lowest BCUT2D eigenvalue weighted by atomic mass is 10.1. The molecule has 0 atom stereocenters. The number of pyridine rings is 1. The minimum absolute atomic E-state index is 0.138. The van der Waals surface area contributed by atoms with Gasteiger partial charge in [-0.1, -0.05) is 12.1 Å². The van der Waals surface area contributed by atoms with Crippen molar-refractivity contribution in [2.45, 2.75) is 6.92 Å². The second kappa shape index (κ2) is 5.35. The Labute approximate surface area is 103 Å². The van der Waals surface area contributed by atoms with Crippen LogP contribution in [-0.4, -0.2) is 10.7 Å². The molecule has 0 aliphatic rings. The highest BCUT2D eigenvalue weighted by Crippen LogP contribution is 2.13. The summed E-state index contributed by atoms with van der Waals surface area (Å²) >= 11 is 0. The molecule has 0 amide bonds. The Hall–Kier alpha value is -2.30. The summed E-state index contributed by atoms with van der Waals surface area (Å²) in [6.45, 7) is 1.53. The number of hydrazone groups is 1. The molecule has 5 heteroatoms. The fraction of sp³-hybridized carbons (Fsp3) is 0.0769. The third-order valence-electron chi connectivity index (χ3n) is 2.33. The van der Waals surface area contributed by atoms with E-state index in [1.807, 2.05) is 0 Å². The molecule has 0 spiro atoms. The fourth-order valence-corrected chi connectivity index (χ4v) is 1.47. The van der Waals surface area contributed by atoms with Gasteiger partial charge >= 0.3 is 0 Å². The maximum atomic E-state index is 13.5. The molecule has 0 radical (unpaired) electrons. The molecule has 3 nitrogen and oxygen atoms in total. The van der Waals surface area contributed by atoms with Crippen molar-refractivity contribution in [3.8, 4) is 0 Å². The number of rotatable bonds is 3. The standard InChI is InChI=1S/C13H11F2N3/c1-9(13-10(14)5-4-6-11(13)15)17-18-12-7-2-3-8-16-12/h2-8H,1H3,(H,16,18)/b17-9-. The van der Waals surface area contributed by atoms with Crippen LogP contribution in [0, 0.1) is 11.6 Å². The first kappa shape index (κ1) is 12.2. The Balaban J connectivity index is 2.24. The lowest BCUT2D eigenvalue weighted by molar-refractivity contribution is 0.579. The summed E-state index contributed by atoms with van der Waals surface area (Å²) in [7, 11) is 0. The van der Waals surface area contributed by atoms with E-state index in [0.29, 0.717) is 5.82 Å². The second-order valence-electron chi connectivity index (χ2n) is 3.62. The SMILES string of the molecule is C/C(=N/Nc1ccccn1)c1c(F)cccc1F. The molecule has 1 aromatic carbocycles. The van der Waals surface area contributed by atoms with Gasteiger partial charge < -0.3 is 0 Å². The molecule has 1 N–H and O–H groups in total. The molecule has 18 heavy (non-hydrogen) atoms. The number of nitrogens with one attached hydrogen (secondary N) is 1. The first-order valence-electron chi connectivity index (χ1n) is 5.34. The maximum Gasteiger partial charge on any atom is 0.146 e. The predicted octanol–water partition coefficient (Wildman–Crippen LogP) is 3.20. The van der Waals surface area contributed by atoms with Gasteiger partial charge in [-0.25, -0.2) is 13.8 Å². The molecule has 2 rings (SSSR count). The number of halogens is 2. The van der Waals surface area contributed by atoms with E-state index in [1.165, 1.54) is 25.1 Å². The summed E-state index contributed by atoms with van der Waals surface area (Å²) in [4.78, 5) is 3.98. The molecule has 1 aromatic heterocycles. The third kappa shape index (κ3) is 2.68. The molecule has 2 aromatic rings. The van der Waals surface area contributed by atoms with Gasteiger partial charge in [-0.15, -0.1) is 0 Å². The third-order valence-corrected chi connectivity index (χ3v) is 2.33. The Kier molecular flexibility index (Phi) is 3.62. The topological polar surface area (TPSA) is 37.3 Å². The maximum absolute atomic E-state index is 13.5. The quantitative estimate of drug-likeness (QED) is 0.668. The normalized spacial score (nSPS) is 11.4. The van der Waals surface area contributed by atoms with Crippen molar-refractivity contribution >= 4 is 11.5 Å². The van der Waals surface area contributed by atoms with Crippen molar-refractivity contribution < 1.29 is 8.78 Å². The molecule has 0 fully saturated rings. The van der Waals surface area contributed by atoms with Gasteiger partial charge in [0.15, 0.2) is 0 Å².